The zero-order valence-electron chi connectivity index (χ0n) is 13.9. The van der Waals surface area contributed by atoms with E-state index in [0.717, 1.165) is 0 Å². The Morgan fingerprint density at radius 2 is 1.65 bits per heavy atom. The number of carbonyl (C=O) groups excluding carboxylic acids is 1. The number of ether oxygens (including phenoxy) is 1. The first kappa shape index (κ1) is 18.0. The summed E-state index contributed by atoms with van der Waals surface area (Å²) < 4.78 is 5.45. The molecule has 2 N–H and O–H groups in total. The molecule has 0 spiro atoms. The lowest BCUT2D eigenvalue weighted by atomic mass is 10.00. The second kappa shape index (κ2) is 8.52. The topological polar surface area (TPSA) is 58.6 Å². The van der Waals surface area contributed by atoms with E-state index < -0.39 is 6.10 Å². The fourth-order valence-corrected chi connectivity index (χ4v) is 2.72. The van der Waals surface area contributed by atoms with Crippen LogP contribution in [0.1, 0.15) is 17.2 Å². The molecule has 0 saturated carbocycles. The highest BCUT2D eigenvalue weighted by atomic mass is 35.5. The summed E-state index contributed by atoms with van der Waals surface area (Å²) in [5, 5.41) is 13.9. The Morgan fingerprint density at radius 1 is 1.00 bits per heavy atom. The molecule has 0 unspecified atom stereocenters. The molecule has 0 aliphatic carbocycles. The molecule has 0 radical (unpaired) electrons. The number of halogens is 1. The Labute approximate surface area is 157 Å². The van der Waals surface area contributed by atoms with Gasteiger partial charge in [-0.15, -0.1) is 0 Å². The smallest absolute Gasteiger partial charge is 0.262 e. The molecule has 0 aromatic heterocycles. The number of para-hydroxylation sites is 1. The Hall–Kier alpha value is -2.82. The molecule has 26 heavy (non-hydrogen) atoms. The molecule has 0 aliphatic heterocycles. The molecular weight excluding hydrogens is 350 g/mol. The van der Waals surface area contributed by atoms with Gasteiger partial charge >= 0.3 is 0 Å². The minimum atomic E-state index is -0.903. The SMILES string of the molecule is O=C(COc1ccccc1)Nc1ccc(Cl)cc1[C@H](O)c1ccccc1. The predicted octanol–water partition coefficient (Wildman–Crippen LogP) is 4.44. The van der Waals surface area contributed by atoms with Crippen LogP contribution in [0.4, 0.5) is 5.69 Å². The van der Waals surface area contributed by atoms with Gasteiger partial charge in [-0.05, 0) is 35.9 Å². The maximum atomic E-state index is 12.2. The summed E-state index contributed by atoms with van der Waals surface area (Å²) in [6.45, 7) is -0.131. The van der Waals surface area contributed by atoms with Gasteiger partial charge in [0.25, 0.3) is 5.91 Å². The monoisotopic (exact) mass is 367 g/mol. The first-order valence-electron chi connectivity index (χ1n) is 8.13. The number of aliphatic hydroxyl groups excluding tert-OH is 1. The lowest BCUT2D eigenvalue weighted by Gasteiger charge is -2.17. The van der Waals surface area contributed by atoms with Crippen molar-refractivity contribution in [2.75, 3.05) is 11.9 Å². The third-order valence-electron chi connectivity index (χ3n) is 3.81. The second-order valence-electron chi connectivity index (χ2n) is 5.69. The number of benzene rings is 3. The summed E-state index contributed by atoms with van der Waals surface area (Å²) in [6, 6.07) is 23.3. The van der Waals surface area contributed by atoms with E-state index in [0.29, 0.717) is 27.6 Å². The molecule has 3 rings (SSSR count). The number of amides is 1. The van der Waals surface area contributed by atoms with Gasteiger partial charge in [0.15, 0.2) is 6.61 Å². The number of anilines is 1. The van der Waals surface area contributed by atoms with E-state index in [1.807, 2.05) is 48.5 Å². The highest BCUT2D eigenvalue weighted by Gasteiger charge is 2.17. The van der Waals surface area contributed by atoms with Crippen molar-refractivity contribution in [3.8, 4) is 5.75 Å². The van der Waals surface area contributed by atoms with Crippen LogP contribution in [-0.4, -0.2) is 17.6 Å². The van der Waals surface area contributed by atoms with Gasteiger partial charge in [-0.1, -0.05) is 60.1 Å². The van der Waals surface area contributed by atoms with E-state index in [4.69, 9.17) is 16.3 Å². The molecule has 3 aromatic carbocycles. The van der Waals surface area contributed by atoms with Crippen molar-refractivity contribution in [1.82, 2.24) is 0 Å². The fourth-order valence-electron chi connectivity index (χ4n) is 2.54. The van der Waals surface area contributed by atoms with Crippen molar-refractivity contribution in [3.05, 3.63) is 95.0 Å². The molecule has 0 fully saturated rings. The highest BCUT2D eigenvalue weighted by molar-refractivity contribution is 6.30. The third-order valence-corrected chi connectivity index (χ3v) is 4.05. The van der Waals surface area contributed by atoms with Gasteiger partial charge in [0.2, 0.25) is 0 Å². The number of hydrogen-bond acceptors (Lipinski definition) is 3. The van der Waals surface area contributed by atoms with E-state index in [1.54, 1.807) is 30.3 Å². The van der Waals surface area contributed by atoms with Crippen molar-refractivity contribution < 1.29 is 14.6 Å². The van der Waals surface area contributed by atoms with Crippen molar-refractivity contribution in [2.45, 2.75) is 6.10 Å². The molecule has 1 amide bonds. The maximum Gasteiger partial charge on any atom is 0.262 e. The Balaban J connectivity index is 1.74. The normalized spacial score (nSPS) is 11.6. The molecule has 132 valence electrons. The first-order valence-corrected chi connectivity index (χ1v) is 8.51. The van der Waals surface area contributed by atoms with Crippen LogP contribution in [0.2, 0.25) is 5.02 Å². The van der Waals surface area contributed by atoms with Crippen LogP contribution in [0.5, 0.6) is 5.75 Å². The van der Waals surface area contributed by atoms with Crippen LogP contribution in [0.15, 0.2) is 78.9 Å². The molecule has 0 saturated heterocycles. The van der Waals surface area contributed by atoms with Gasteiger partial charge in [-0.3, -0.25) is 4.79 Å². The number of rotatable bonds is 6. The molecule has 0 bridgehead atoms. The van der Waals surface area contributed by atoms with Crippen LogP contribution < -0.4 is 10.1 Å². The highest BCUT2D eigenvalue weighted by Crippen LogP contribution is 2.30. The van der Waals surface area contributed by atoms with E-state index in [1.165, 1.54) is 0 Å². The number of carbonyl (C=O) groups is 1. The third kappa shape index (κ3) is 4.63. The zero-order chi connectivity index (χ0) is 18.4. The summed E-state index contributed by atoms with van der Waals surface area (Å²) in [5.74, 6) is 0.293. The van der Waals surface area contributed by atoms with Crippen molar-refractivity contribution in [3.63, 3.8) is 0 Å². The van der Waals surface area contributed by atoms with Gasteiger partial charge in [0, 0.05) is 16.3 Å². The quantitative estimate of drug-likeness (QED) is 0.677. The largest absolute Gasteiger partial charge is 0.484 e. The number of aliphatic hydroxyl groups is 1. The summed E-state index contributed by atoms with van der Waals surface area (Å²) in [5.41, 5.74) is 1.73. The minimum Gasteiger partial charge on any atom is -0.484 e. The van der Waals surface area contributed by atoms with Crippen LogP contribution in [-0.2, 0) is 4.79 Å². The summed E-state index contributed by atoms with van der Waals surface area (Å²) in [4.78, 5) is 12.2. The summed E-state index contributed by atoms with van der Waals surface area (Å²) in [7, 11) is 0. The van der Waals surface area contributed by atoms with Gasteiger partial charge in [0.1, 0.15) is 11.9 Å². The molecule has 1 atom stereocenters. The van der Waals surface area contributed by atoms with Crippen LogP contribution >= 0.6 is 11.6 Å². The molecule has 3 aromatic rings. The zero-order valence-corrected chi connectivity index (χ0v) is 14.7. The van der Waals surface area contributed by atoms with E-state index in [-0.39, 0.29) is 12.5 Å². The van der Waals surface area contributed by atoms with Gasteiger partial charge in [-0.2, -0.15) is 0 Å². The van der Waals surface area contributed by atoms with Gasteiger partial charge < -0.3 is 15.2 Å². The van der Waals surface area contributed by atoms with Gasteiger partial charge in [-0.25, -0.2) is 0 Å². The Kier molecular flexibility index (Phi) is 5.89. The standard InChI is InChI=1S/C21H18ClNO3/c22-16-11-12-19(18(13-16)21(25)15-7-3-1-4-8-15)23-20(24)14-26-17-9-5-2-6-10-17/h1-13,21,25H,14H2,(H,23,24)/t21-/m1/s1. The minimum absolute atomic E-state index is 0.131. The number of hydrogen-bond donors (Lipinski definition) is 2. The average Bonchev–Trinajstić information content (AvgIpc) is 2.69. The lowest BCUT2D eigenvalue weighted by molar-refractivity contribution is -0.118. The molecular formula is C21H18ClNO3. The number of nitrogens with one attached hydrogen (secondary N) is 1. The average molecular weight is 368 g/mol. The molecule has 4 nitrogen and oxygen atoms in total. The summed E-state index contributed by atoms with van der Waals surface area (Å²) in [6.07, 6.45) is -0.903. The van der Waals surface area contributed by atoms with Crippen LogP contribution in [0, 0.1) is 0 Å². The maximum absolute atomic E-state index is 12.2. The van der Waals surface area contributed by atoms with Gasteiger partial charge in [0.05, 0.1) is 0 Å². The van der Waals surface area contributed by atoms with Crippen LogP contribution in [0.25, 0.3) is 0 Å². The van der Waals surface area contributed by atoms with Crippen molar-refractivity contribution >= 4 is 23.2 Å². The lowest BCUT2D eigenvalue weighted by Crippen LogP contribution is -2.21. The van der Waals surface area contributed by atoms with Crippen LogP contribution in [0.3, 0.4) is 0 Å². The Bertz CT molecular complexity index is 869. The first-order chi connectivity index (χ1) is 12.6. The van der Waals surface area contributed by atoms with Crippen molar-refractivity contribution in [1.29, 1.82) is 0 Å². The van der Waals surface area contributed by atoms with E-state index in [2.05, 4.69) is 5.32 Å². The predicted molar refractivity (Wildman–Crippen MR) is 103 cm³/mol. The second-order valence-corrected chi connectivity index (χ2v) is 6.13. The fraction of sp³-hybridized carbons (Fsp3) is 0.0952. The molecule has 0 heterocycles. The van der Waals surface area contributed by atoms with E-state index in [9.17, 15) is 9.90 Å². The molecule has 0 aliphatic rings. The van der Waals surface area contributed by atoms with E-state index >= 15 is 0 Å². The van der Waals surface area contributed by atoms with Crippen molar-refractivity contribution in [2.24, 2.45) is 0 Å². The summed E-state index contributed by atoms with van der Waals surface area (Å²) >= 11 is 6.08. The molecule has 5 heteroatoms. The Morgan fingerprint density at radius 3 is 2.35 bits per heavy atom.